The third-order valence-corrected chi connectivity index (χ3v) is 4.57. The van der Waals surface area contributed by atoms with Crippen molar-refractivity contribution in [3.8, 4) is 0 Å². The van der Waals surface area contributed by atoms with Crippen LogP contribution >= 0.6 is 0 Å². The summed E-state index contributed by atoms with van der Waals surface area (Å²) in [6, 6.07) is 0. The first-order valence-corrected chi connectivity index (χ1v) is 18.1. The van der Waals surface area contributed by atoms with E-state index >= 15 is 0 Å². The maximum absolute atomic E-state index is 6.12. The van der Waals surface area contributed by atoms with Gasteiger partial charge in [0.05, 0.1) is 18.9 Å². The summed E-state index contributed by atoms with van der Waals surface area (Å²) in [6.07, 6.45) is 3.61. The van der Waals surface area contributed by atoms with E-state index in [0.717, 1.165) is 0 Å². The molecule has 0 rings (SSSR count). The van der Waals surface area contributed by atoms with E-state index in [-0.39, 0.29) is 0 Å². The van der Waals surface area contributed by atoms with Crippen molar-refractivity contribution in [2.24, 2.45) is 0 Å². The largest absolute Gasteiger partial charge is 0.545 e. The van der Waals surface area contributed by atoms with Gasteiger partial charge in [0.2, 0.25) is 25.0 Å². The van der Waals surface area contributed by atoms with Crippen LogP contribution in [0.1, 0.15) is 0 Å². The van der Waals surface area contributed by atoms with Crippen molar-refractivity contribution in [3.63, 3.8) is 0 Å². The molecule has 0 unspecified atom stereocenters. The SMILES string of the molecule is C=C(/C=C(\C=C(OC)O[Si](C)(C)C)O[Si](C)(C)C)O[Si](C)(C)C. The van der Waals surface area contributed by atoms with E-state index in [9.17, 15) is 0 Å². The molecule has 0 saturated carbocycles. The molecule has 0 amide bonds. The van der Waals surface area contributed by atoms with E-state index in [1.165, 1.54) is 0 Å². The fraction of sp³-hybridized carbons (Fsp3) is 0.625. The zero-order valence-corrected chi connectivity index (χ0v) is 19.5. The van der Waals surface area contributed by atoms with Crippen molar-refractivity contribution < 1.29 is 18.0 Å². The zero-order valence-electron chi connectivity index (χ0n) is 16.5. The van der Waals surface area contributed by atoms with Crippen LogP contribution in [0, 0.1) is 0 Å². The molecule has 0 radical (unpaired) electrons. The number of allylic oxidation sites excluding steroid dienone is 2. The van der Waals surface area contributed by atoms with E-state index < -0.39 is 25.0 Å². The summed E-state index contributed by atoms with van der Waals surface area (Å²) in [5.74, 6) is 1.74. The molecule has 23 heavy (non-hydrogen) atoms. The topological polar surface area (TPSA) is 36.9 Å². The van der Waals surface area contributed by atoms with Crippen molar-refractivity contribution in [3.05, 3.63) is 36.2 Å². The molecule has 7 heteroatoms. The molecule has 0 aliphatic rings. The van der Waals surface area contributed by atoms with Crippen LogP contribution in [-0.4, -0.2) is 32.1 Å². The predicted molar refractivity (Wildman–Crippen MR) is 106 cm³/mol. The first-order valence-electron chi connectivity index (χ1n) is 7.85. The van der Waals surface area contributed by atoms with Crippen molar-refractivity contribution in [2.45, 2.75) is 58.9 Å². The van der Waals surface area contributed by atoms with Gasteiger partial charge in [-0.05, 0) is 58.9 Å². The minimum absolute atomic E-state index is 0.467. The van der Waals surface area contributed by atoms with Crippen molar-refractivity contribution in [1.29, 1.82) is 0 Å². The summed E-state index contributed by atoms with van der Waals surface area (Å²) < 4.78 is 23.3. The second kappa shape index (κ2) is 8.25. The Labute approximate surface area is 145 Å². The highest BCUT2D eigenvalue weighted by molar-refractivity contribution is 6.70. The molecule has 0 aliphatic heterocycles. The lowest BCUT2D eigenvalue weighted by Gasteiger charge is -2.24. The quantitative estimate of drug-likeness (QED) is 0.306. The van der Waals surface area contributed by atoms with Crippen LogP contribution in [0.25, 0.3) is 0 Å². The summed E-state index contributed by atoms with van der Waals surface area (Å²) in [4.78, 5) is 0. The lowest BCUT2D eigenvalue weighted by Crippen LogP contribution is -2.27. The molecule has 0 aromatic carbocycles. The van der Waals surface area contributed by atoms with Gasteiger partial charge >= 0.3 is 0 Å². The van der Waals surface area contributed by atoms with Crippen LogP contribution < -0.4 is 0 Å². The molecule has 0 spiro atoms. The monoisotopic (exact) mass is 374 g/mol. The van der Waals surface area contributed by atoms with Crippen molar-refractivity contribution in [2.75, 3.05) is 7.11 Å². The molecule has 0 N–H and O–H groups in total. The van der Waals surface area contributed by atoms with Crippen LogP contribution in [0.4, 0.5) is 0 Å². The standard InChI is InChI=1S/C16H34O4Si3/c1-14(18-21(3,4)5)12-15(19-22(6,7)8)13-16(17-2)20-23(9,10)11/h12-13H,1H2,2-11H3/b15-12+,16-13?. The van der Waals surface area contributed by atoms with Gasteiger partial charge < -0.3 is 18.0 Å². The van der Waals surface area contributed by atoms with Gasteiger partial charge in [0.25, 0.3) is 5.95 Å². The van der Waals surface area contributed by atoms with E-state index in [4.69, 9.17) is 18.0 Å². The summed E-state index contributed by atoms with van der Waals surface area (Å²) in [7, 11) is -3.63. The minimum atomic E-state index is -1.78. The van der Waals surface area contributed by atoms with Crippen molar-refractivity contribution >= 4 is 25.0 Å². The lowest BCUT2D eigenvalue weighted by molar-refractivity contribution is 0.145. The average molecular weight is 375 g/mol. The molecule has 0 saturated heterocycles. The average Bonchev–Trinajstić information content (AvgIpc) is 2.20. The maximum Gasteiger partial charge on any atom is 0.268 e. The molecule has 0 atom stereocenters. The van der Waals surface area contributed by atoms with E-state index in [1.54, 1.807) is 13.2 Å². The summed E-state index contributed by atoms with van der Waals surface area (Å²) in [6.45, 7) is 23.1. The Morgan fingerprint density at radius 2 is 1.13 bits per heavy atom. The summed E-state index contributed by atoms with van der Waals surface area (Å²) in [5, 5.41) is 0. The third-order valence-electron chi connectivity index (χ3n) is 2.03. The highest BCUT2D eigenvalue weighted by atomic mass is 28.4. The van der Waals surface area contributed by atoms with Gasteiger partial charge in [-0.3, -0.25) is 0 Å². The van der Waals surface area contributed by atoms with Gasteiger partial charge in [-0.2, -0.15) is 0 Å². The molecule has 134 valence electrons. The molecule has 0 fully saturated rings. The van der Waals surface area contributed by atoms with Crippen LogP contribution in [-0.2, 0) is 18.0 Å². The van der Waals surface area contributed by atoms with Gasteiger partial charge in [0.1, 0.15) is 5.76 Å². The number of hydrogen-bond donors (Lipinski definition) is 0. The lowest BCUT2D eigenvalue weighted by atomic mass is 10.4. The predicted octanol–water partition coefficient (Wildman–Crippen LogP) is 5.43. The minimum Gasteiger partial charge on any atom is -0.545 e. The Balaban J connectivity index is 5.48. The normalized spacial score (nSPS) is 14.3. The van der Waals surface area contributed by atoms with Gasteiger partial charge in [0, 0.05) is 6.08 Å². The van der Waals surface area contributed by atoms with E-state index in [0.29, 0.717) is 17.5 Å². The van der Waals surface area contributed by atoms with Gasteiger partial charge in [0.15, 0.2) is 0 Å². The van der Waals surface area contributed by atoms with Gasteiger partial charge in [-0.25, -0.2) is 0 Å². The molecule has 0 aromatic heterocycles. The Hall–Kier alpha value is -0.929. The molecule has 0 bridgehead atoms. The highest BCUT2D eigenvalue weighted by Crippen LogP contribution is 2.20. The zero-order chi connectivity index (χ0) is 18.5. The number of methoxy groups -OCH3 is 1. The Bertz CT molecular complexity index is 463. The second-order valence-corrected chi connectivity index (χ2v) is 21.6. The highest BCUT2D eigenvalue weighted by Gasteiger charge is 2.22. The summed E-state index contributed by atoms with van der Waals surface area (Å²) in [5.41, 5.74) is 0. The molecule has 4 nitrogen and oxygen atoms in total. The fourth-order valence-corrected chi connectivity index (χ4v) is 4.00. The van der Waals surface area contributed by atoms with E-state index in [1.807, 2.05) is 6.08 Å². The Morgan fingerprint density at radius 1 is 0.696 bits per heavy atom. The maximum atomic E-state index is 6.12. The smallest absolute Gasteiger partial charge is 0.268 e. The van der Waals surface area contributed by atoms with E-state index in [2.05, 4.69) is 65.5 Å². The molecule has 0 aliphatic carbocycles. The number of rotatable bonds is 9. The van der Waals surface area contributed by atoms with Crippen LogP contribution in [0.2, 0.25) is 58.9 Å². The van der Waals surface area contributed by atoms with Gasteiger partial charge in [-0.15, -0.1) is 0 Å². The number of ether oxygens (including phenoxy) is 1. The molecule has 0 heterocycles. The van der Waals surface area contributed by atoms with Crippen molar-refractivity contribution in [1.82, 2.24) is 0 Å². The fourth-order valence-electron chi connectivity index (χ4n) is 1.58. The molecule has 0 aromatic rings. The third kappa shape index (κ3) is 13.2. The Kier molecular flexibility index (Phi) is 7.92. The van der Waals surface area contributed by atoms with Gasteiger partial charge in [-0.1, -0.05) is 6.58 Å². The molecular weight excluding hydrogens is 340 g/mol. The second-order valence-electron chi connectivity index (χ2n) is 8.32. The summed E-state index contributed by atoms with van der Waals surface area (Å²) >= 11 is 0. The first-order chi connectivity index (χ1) is 10.1. The number of hydrogen-bond acceptors (Lipinski definition) is 4. The van der Waals surface area contributed by atoms with Crippen LogP contribution in [0.5, 0.6) is 0 Å². The first kappa shape index (κ1) is 22.1. The Morgan fingerprint density at radius 3 is 1.48 bits per heavy atom. The van der Waals surface area contributed by atoms with Crippen LogP contribution in [0.3, 0.4) is 0 Å². The van der Waals surface area contributed by atoms with Crippen LogP contribution in [0.15, 0.2) is 36.2 Å². The molecular formula is C16H34O4Si3.